The molecule has 1 unspecified atom stereocenters. The van der Waals surface area contributed by atoms with Crippen LogP contribution in [0.25, 0.3) is 0 Å². The third-order valence-corrected chi connectivity index (χ3v) is 3.84. The van der Waals surface area contributed by atoms with Gasteiger partial charge >= 0.3 is 0 Å². The molecule has 3 heteroatoms. The van der Waals surface area contributed by atoms with E-state index in [1.54, 1.807) is 0 Å². The first-order valence-electron chi connectivity index (χ1n) is 7.03. The zero-order valence-corrected chi connectivity index (χ0v) is 11.5. The average molecular weight is 240 g/mol. The van der Waals surface area contributed by atoms with Gasteiger partial charge in [0.15, 0.2) is 0 Å². The Bertz CT molecular complexity index is 232. The lowest BCUT2D eigenvalue weighted by atomic mass is 9.78. The molecule has 0 heterocycles. The maximum atomic E-state index is 11.9. The normalized spacial score (nSPS) is 26.9. The van der Waals surface area contributed by atoms with E-state index in [4.69, 9.17) is 5.73 Å². The summed E-state index contributed by atoms with van der Waals surface area (Å²) in [6, 6.07) is 0.211. The summed E-state index contributed by atoms with van der Waals surface area (Å²) in [5, 5.41) is 2.97. The van der Waals surface area contributed by atoms with E-state index in [2.05, 4.69) is 12.2 Å². The molecule has 0 saturated heterocycles. The Morgan fingerprint density at radius 3 is 2.35 bits per heavy atom. The number of carbonyl (C=O) groups excluding carboxylic acids is 1. The molecular weight excluding hydrogens is 212 g/mol. The lowest BCUT2D eigenvalue weighted by Crippen LogP contribution is -2.39. The average Bonchev–Trinajstić information content (AvgIpc) is 2.27. The number of hydrogen-bond donors (Lipinski definition) is 2. The fraction of sp³-hybridized carbons (Fsp3) is 0.929. The van der Waals surface area contributed by atoms with Crippen LogP contribution in [-0.2, 0) is 4.79 Å². The Morgan fingerprint density at radius 1 is 1.29 bits per heavy atom. The summed E-state index contributed by atoms with van der Waals surface area (Å²) in [6.07, 6.45) is 6.14. The predicted molar refractivity (Wildman–Crippen MR) is 71.6 cm³/mol. The van der Waals surface area contributed by atoms with E-state index in [0.29, 0.717) is 12.5 Å². The van der Waals surface area contributed by atoms with E-state index >= 15 is 0 Å². The maximum absolute atomic E-state index is 11.9. The van der Waals surface area contributed by atoms with Crippen LogP contribution in [0.4, 0.5) is 0 Å². The van der Waals surface area contributed by atoms with Crippen molar-refractivity contribution >= 4 is 5.91 Å². The van der Waals surface area contributed by atoms with E-state index in [1.807, 2.05) is 13.8 Å². The molecule has 1 fully saturated rings. The predicted octanol–water partition coefficient (Wildman–Crippen LogP) is 2.30. The van der Waals surface area contributed by atoms with Gasteiger partial charge in [-0.05, 0) is 32.1 Å². The second-order valence-corrected chi connectivity index (χ2v) is 5.96. The quantitative estimate of drug-likeness (QED) is 0.774. The minimum atomic E-state index is 0.0100. The van der Waals surface area contributed by atoms with Crippen LogP contribution in [0.1, 0.15) is 52.9 Å². The molecule has 0 spiro atoms. The summed E-state index contributed by atoms with van der Waals surface area (Å²) in [7, 11) is 0. The number of rotatable bonds is 5. The molecule has 0 aliphatic heterocycles. The van der Waals surface area contributed by atoms with Gasteiger partial charge < -0.3 is 11.1 Å². The standard InChI is InChI=1S/C14H28N2O/c1-10(2)16-14(17)13(9-15)8-12-6-4-11(3)5-7-12/h10-13H,4-9,15H2,1-3H3,(H,16,17). The zero-order valence-electron chi connectivity index (χ0n) is 11.5. The molecule has 1 atom stereocenters. The largest absolute Gasteiger partial charge is 0.354 e. The third-order valence-electron chi connectivity index (χ3n) is 3.84. The number of carbonyl (C=O) groups is 1. The van der Waals surface area contributed by atoms with Crippen LogP contribution in [0.2, 0.25) is 0 Å². The maximum Gasteiger partial charge on any atom is 0.224 e. The van der Waals surface area contributed by atoms with E-state index in [1.165, 1.54) is 25.7 Å². The van der Waals surface area contributed by atoms with Gasteiger partial charge in [-0.25, -0.2) is 0 Å². The molecule has 3 nitrogen and oxygen atoms in total. The molecule has 0 radical (unpaired) electrons. The number of nitrogens with one attached hydrogen (secondary N) is 1. The van der Waals surface area contributed by atoms with Crippen molar-refractivity contribution in [1.82, 2.24) is 5.32 Å². The molecule has 0 aromatic heterocycles. The minimum Gasteiger partial charge on any atom is -0.354 e. The molecule has 1 aliphatic rings. The highest BCUT2D eigenvalue weighted by atomic mass is 16.1. The molecular formula is C14H28N2O. The second kappa shape index (κ2) is 7.00. The molecule has 3 N–H and O–H groups in total. The van der Waals surface area contributed by atoms with Crippen LogP contribution in [0, 0.1) is 17.8 Å². The first-order valence-corrected chi connectivity index (χ1v) is 7.03. The highest BCUT2D eigenvalue weighted by Gasteiger charge is 2.25. The van der Waals surface area contributed by atoms with Gasteiger partial charge in [-0.1, -0.05) is 32.6 Å². The van der Waals surface area contributed by atoms with E-state index in [0.717, 1.165) is 12.3 Å². The van der Waals surface area contributed by atoms with Gasteiger partial charge in [-0.15, -0.1) is 0 Å². The molecule has 100 valence electrons. The number of nitrogens with two attached hydrogens (primary N) is 1. The summed E-state index contributed by atoms with van der Waals surface area (Å²) in [5.41, 5.74) is 5.73. The summed E-state index contributed by atoms with van der Waals surface area (Å²) in [5.74, 6) is 1.72. The van der Waals surface area contributed by atoms with Gasteiger partial charge in [0.25, 0.3) is 0 Å². The zero-order chi connectivity index (χ0) is 12.8. The van der Waals surface area contributed by atoms with Crippen LogP contribution in [-0.4, -0.2) is 18.5 Å². The van der Waals surface area contributed by atoms with Gasteiger partial charge in [0.1, 0.15) is 0 Å². The smallest absolute Gasteiger partial charge is 0.224 e. The lowest BCUT2D eigenvalue weighted by Gasteiger charge is -2.28. The van der Waals surface area contributed by atoms with Crippen LogP contribution in [0.15, 0.2) is 0 Å². The van der Waals surface area contributed by atoms with Crippen LogP contribution >= 0.6 is 0 Å². The highest BCUT2D eigenvalue weighted by molar-refractivity contribution is 5.79. The highest BCUT2D eigenvalue weighted by Crippen LogP contribution is 2.32. The van der Waals surface area contributed by atoms with Crippen molar-refractivity contribution in [2.24, 2.45) is 23.5 Å². The molecule has 0 bridgehead atoms. The summed E-state index contributed by atoms with van der Waals surface area (Å²) < 4.78 is 0. The SMILES string of the molecule is CC1CCC(CC(CN)C(=O)NC(C)C)CC1. The first-order chi connectivity index (χ1) is 8.02. The van der Waals surface area contributed by atoms with E-state index in [9.17, 15) is 4.79 Å². The fourth-order valence-corrected chi connectivity index (χ4v) is 2.68. The van der Waals surface area contributed by atoms with Crippen molar-refractivity contribution in [3.8, 4) is 0 Å². The fourth-order valence-electron chi connectivity index (χ4n) is 2.68. The van der Waals surface area contributed by atoms with Gasteiger partial charge in [-0.3, -0.25) is 4.79 Å². The van der Waals surface area contributed by atoms with Gasteiger partial charge in [0.2, 0.25) is 5.91 Å². The molecule has 0 aromatic rings. The molecule has 1 rings (SSSR count). The lowest BCUT2D eigenvalue weighted by molar-refractivity contribution is -0.125. The van der Waals surface area contributed by atoms with Gasteiger partial charge in [0.05, 0.1) is 5.92 Å². The van der Waals surface area contributed by atoms with Gasteiger partial charge in [-0.2, -0.15) is 0 Å². The third kappa shape index (κ3) is 5.07. The van der Waals surface area contributed by atoms with Crippen molar-refractivity contribution in [3.63, 3.8) is 0 Å². The van der Waals surface area contributed by atoms with Crippen molar-refractivity contribution in [2.45, 2.75) is 58.9 Å². The molecule has 1 amide bonds. The van der Waals surface area contributed by atoms with Crippen molar-refractivity contribution in [1.29, 1.82) is 0 Å². The molecule has 1 saturated carbocycles. The van der Waals surface area contributed by atoms with E-state index in [-0.39, 0.29) is 17.9 Å². The van der Waals surface area contributed by atoms with Crippen molar-refractivity contribution in [2.75, 3.05) is 6.54 Å². The Hall–Kier alpha value is -0.570. The first kappa shape index (κ1) is 14.5. The summed E-state index contributed by atoms with van der Waals surface area (Å²) in [6.45, 7) is 6.79. The van der Waals surface area contributed by atoms with Crippen molar-refractivity contribution in [3.05, 3.63) is 0 Å². The Morgan fingerprint density at radius 2 is 1.88 bits per heavy atom. The van der Waals surface area contributed by atoms with E-state index < -0.39 is 0 Å². The Labute approximate surface area is 106 Å². The summed E-state index contributed by atoms with van der Waals surface area (Å²) in [4.78, 5) is 11.9. The van der Waals surface area contributed by atoms with Crippen molar-refractivity contribution < 1.29 is 4.79 Å². The second-order valence-electron chi connectivity index (χ2n) is 5.96. The van der Waals surface area contributed by atoms with Crippen LogP contribution in [0.3, 0.4) is 0 Å². The molecule has 0 aromatic carbocycles. The molecule has 1 aliphatic carbocycles. The number of hydrogen-bond acceptors (Lipinski definition) is 2. The van der Waals surface area contributed by atoms with Gasteiger partial charge in [0, 0.05) is 12.6 Å². The van der Waals surface area contributed by atoms with Crippen LogP contribution in [0.5, 0.6) is 0 Å². The van der Waals surface area contributed by atoms with Crippen LogP contribution < -0.4 is 11.1 Å². The minimum absolute atomic E-state index is 0.0100. The topological polar surface area (TPSA) is 55.1 Å². The monoisotopic (exact) mass is 240 g/mol. The number of amides is 1. The summed E-state index contributed by atoms with van der Waals surface area (Å²) >= 11 is 0. The Balaban J connectivity index is 2.38. The molecule has 17 heavy (non-hydrogen) atoms. The Kier molecular flexibility index (Phi) is 5.96.